The maximum atomic E-state index is 12.7. The van der Waals surface area contributed by atoms with Gasteiger partial charge in [0, 0.05) is 24.3 Å². The van der Waals surface area contributed by atoms with E-state index < -0.39 is 0 Å². The second-order valence-electron chi connectivity index (χ2n) is 4.60. The van der Waals surface area contributed by atoms with Crippen LogP contribution >= 0.6 is 0 Å². The first kappa shape index (κ1) is 11.3. The Kier molecular flexibility index (Phi) is 3.34. The molecule has 1 N–H and O–H groups in total. The number of benzene rings is 1. The molecule has 1 heterocycles. The van der Waals surface area contributed by atoms with Gasteiger partial charge < -0.3 is 4.90 Å². The highest BCUT2D eigenvalue weighted by molar-refractivity contribution is 5.97. The van der Waals surface area contributed by atoms with Crippen LogP contribution < -0.4 is 4.90 Å². The van der Waals surface area contributed by atoms with E-state index in [0.717, 1.165) is 25.9 Å². The molecule has 1 aromatic carbocycles. The van der Waals surface area contributed by atoms with Gasteiger partial charge in [-0.25, -0.2) is 4.39 Å². The molecule has 0 spiro atoms. The molecule has 1 saturated heterocycles. The molecule has 0 atom stereocenters. The lowest BCUT2D eigenvalue weighted by Crippen LogP contribution is -3.10. The molecule has 0 unspecified atom stereocenters. The van der Waals surface area contributed by atoms with Crippen molar-refractivity contribution in [2.45, 2.75) is 12.8 Å². The van der Waals surface area contributed by atoms with Gasteiger partial charge in [-0.1, -0.05) is 0 Å². The summed E-state index contributed by atoms with van der Waals surface area (Å²) in [7, 11) is 2.15. The zero-order valence-corrected chi connectivity index (χ0v) is 9.50. The average molecular weight is 222 g/mol. The fraction of sp³-hybridized carbons (Fsp3) is 0.462. The Labute approximate surface area is 95.1 Å². The second-order valence-corrected chi connectivity index (χ2v) is 4.60. The van der Waals surface area contributed by atoms with Gasteiger partial charge in [-0.05, 0) is 24.3 Å². The Bertz CT molecular complexity index is 366. The molecule has 0 bridgehead atoms. The van der Waals surface area contributed by atoms with Crippen LogP contribution in [0.15, 0.2) is 24.3 Å². The predicted molar refractivity (Wildman–Crippen MR) is 60.1 cm³/mol. The zero-order valence-electron chi connectivity index (χ0n) is 9.50. The quantitative estimate of drug-likeness (QED) is 0.739. The summed E-state index contributed by atoms with van der Waals surface area (Å²) in [4.78, 5) is 13.6. The van der Waals surface area contributed by atoms with Gasteiger partial charge >= 0.3 is 0 Å². The fourth-order valence-corrected chi connectivity index (χ4v) is 2.22. The molecule has 0 saturated carbocycles. The van der Waals surface area contributed by atoms with E-state index in [1.807, 2.05) is 0 Å². The van der Waals surface area contributed by atoms with Crippen LogP contribution in [0.1, 0.15) is 23.2 Å². The highest BCUT2D eigenvalue weighted by atomic mass is 19.1. The average Bonchev–Trinajstić information content (AvgIpc) is 2.30. The molecule has 0 radical (unpaired) electrons. The Morgan fingerprint density at radius 3 is 2.38 bits per heavy atom. The van der Waals surface area contributed by atoms with Crippen molar-refractivity contribution in [3.8, 4) is 0 Å². The van der Waals surface area contributed by atoms with Gasteiger partial charge in [0.1, 0.15) is 5.82 Å². The lowest BCUT2D eigenvalue weighted by atomic mass is 9.89. The Balaban J connectivity index is 2.05. The molecule has 1 fully saturated rings. The minimum atomic E-state index is -0.288. The van der Waals surface area contributed by atoms with Crippen molar-refractivity contribution in [2.24, 2.45) is 5.92 Å². The number of likely N-dealkylation sites (tertiary alicyclic amines) is 1. The summed E-state index contributed by atoms with van der Waals surface area (Å²) in [6.07, 6.45) is 1.89. The van der Waals surface area contributed by atoms with Gasteiger partial charge in [-0.3, -0.25) is 4.79 Å². The largest absolute Gasteiger partial charge is 0.337 e. The number of Topliss-reactive ketones (excluding diaryl/α,β-unsaturated/α-hetero) is 1. The Morgan fingerprint density at radius 2 is 1.81 bits per heavy atom. The first-order valence-electron chi connectivity index (χ1n) is 5.78. The van der Waals surface area contributed by atoms with Crippen molar-refractivity contribution in [3.63, 3.8) is 0 Å². The highest BCUT2D eigenvalue weighted by Crippen LogP contribution is 2.17. The van der Waals surface area contributed by atoms with Crippen LogP contribution in [0.2, 0.25) is 0 Å². The van der Waals surface area contributed by atoms with Crippen LogP contribution in [0.4, 0.5) is 4.39 Å². The normalized spacial score (nSPS) is 25.4. The molecule has 86 valence electrons. The monoisotopic (exact) mass is 222 g/mol. The molecule has 16 heavy (non-hydrogen) atoms. The van der Waals surface area contributed by atoms with E-state index >= 15 is 0 Å². The van der Waals surface area contributed by atoms with Crippen molar-refractivity contribution in [1.29, 1.82) is 0 Å². The summed E-state index contributed by atoms with van der Waals surface area (Å²) >= 11 is 0. The van der Waals surface area contributed by atoms with Crippen LogP contribution in [-0.2, 0) is 0 Å². The van der Waals surface area contributed by atoms with E-state index in [-0.39, 0.29) is 17.5 Å². The van der Waals surface area contributed by atoms with Gasteiger partial charge in [-0.2, -0.15) is 0 Å². The summed E-state index contributed by atoms with van der Waals surface area (Å²) in [5.74, 6) is 0.0195. The van der Waals surface area contributed by atoms with Crippen molar-refractivity contribution in [3.05, 3.63) is 35.6 Å². The van der Waals surface area contributed by atoms with Crippen molar-refractivity contribution in [2.75, 3.05) is 20.1 Å². The first-order valence-corrected chi connectivity index (χ1v) is 5.78. The predicted octanol–water partition coefficient (Wildman–Crippen LogP) is 0.933. The fourth-order valence-electron chi connectivity index (χ4n) is 2.22. The SMILES string of the molecule is C[NH+]1CCC(C(=O)c2ccc(F)cc2)CC1. The number of piperidine rings is 1. The summed E-state index contributed by atoms with van der Waals surface area (Å²) in [5, 5.41) is 0. The number of hydrogen-bond donors (Lipinski definition) is 1. The molecular weight excluding hydrogens is 205 g/mol. The smallest absolute Gasteiger partial charge is 0.166 e. The molecule has 1 aliphatic heterocycles. The number of ketones is 1. The highest BCUT2D eigenvalue weighted by Gasteiger charge is 2.26. The summed E-state index contributed by atoms with van der Waals surface area (Å²) in [6, 6.07) is 5.88. The Hall–Kier alpha value is -1.22. The van der Waals surface area contributed by atoms with E-state index in [1.165, 1.54) is 17.0 Å². The third-order valence-electron chi connectivity index (χ3n) is 3.34. The van der Waals surface area contributed by atoms with Crippen LogP contribution in [0, 0.1) is 11.7 Å². The number of carbonyl (C=O) groups is 1. The number of quaternary nitrogens is 1. The maximum Gasteiger partial charge on any atom is 0.166 e. The van der Waals surface area contributed by atoms with Gasteiger partial charge in [-0.15, -0.1) is 0 Å². The van der Waals surface area contributed by atoms with E-state index in [1.54, 1.807) is 12.1 Å². The van der Waals surface area contributed by atoms with Gasteiger partial charge in [0.2, 0.25) is 0 Å². The summed E-state index contributed by atoms with van der Waals surface area (Å²) in [5.41, 5.74) is 0.644. The van der Waals surface area contributed by atoms with E-state index in [0.29, 0.717) is 5.56 Å². The third-order valence-corrected chi connectivity index (χ3v) is 3.34. The molecule has 0 amide bonds. The molecule has 1 aliphatic rings. The van der Waals surface area contributed by atoms with Gasteiger partial charge in [0.25, 0.3) is 0 Å². The summed E-state index contributed by atoms with van der Waals surface area (Å²) in [6.45, 7) is 2.11. The molecule has 1 aromatic rings. The first-order chi connectivity index (χ1) is 7.66. The lowest BCUT2D eigenvalue weighted by Gasteiger charge is -2.25. The standard InChI is InChI=1S/C13H16FNO/c1-15-8-6-11(7-9-15)13(16)10-2-4-12(14)5-3-10/h2-5,11H,6-9H2,1H3/p+1. The minimum absolute atomic E-state index is 0.133. The number of halogens is 1. The van der Waals surface area contributed by atoms with E-state index in [4.69, 9.17) is 0 Å². The van der Waals surface area contributed by atoms with Crippen LogP contribution in [0.3, 0.4) is 0 Å². The minimum Gasteiger partial charge on any atom is -0.337 e. The van der Waals surface area contributed by atoms with Gasteiger partial charge in [0.05, 0.1) is 20.1 Å². The number of rotatable bonds is 2. The topological polar surface area (TPSA) is 21.5 Å². The second kappa shape index (κ2) is 4.74. The molecule has 0 aliphatic carbocycles. The summed E-state index contributed by atoms with van der Waals surface area (Å²) < 4.78 is 12.7. The molecule has 2 rings (SSSR count). The molecule has 0 aromatic heterocycles. The lowest BCUT2D eigenvalue weighted by molar-refractivity contribution is -0.885. The van der Waals surface area contributed by atoms with E-state index in [9.17, 15) is 9.18 Å². The Morgan fingerprint density at radius 1 is 1.25 bits per heavy atom. The van der Waals surface area contributed by atoms with Crippen molar-refractivity contribution < 1.29 is 14.1 Å². The van der Waals surface area contributed by atoms with Crippen molar-refractivity contribution in [1.82, 2.24) is 0 Å². The van der Waals surface area contributed by atoms with Crippen LogP contribution in [0.5, 0.6) is 0 Å². The number of nitrogens with one attached hydrogen (secondary N) is 1. The van der Waals surface area contributed by atoms with Crippen LogP contribution in [-0.4, -0.2) is 25.9 Å². The zero-order chi connectivity index (χ0) is 11.5. The maximum absolute atomic E-state index is 12.7. The third kappa shape index (κ3) is 2.47. The van der Waals surface area contributed by atoms with Crippen molar-refractivity contribution >= 4 is 5.78 Å². The van der Waals surface area contributed by atoms with Gasteiger partial charge in [0.15, 0.2) is 5.78 Å². The van der Waals surface area contributed by atoms with Crippen LogP contribution in [0.25, 0.3) is 0 Å². The number of hydrogen-bond acceptors (Lipinski definition) is 1. The van der Waals surface area contributed by atoms with E-state index in [2.05, 4.69) is 7.05 Å². The molecule has 2 nitrogen and oxygen atoms in total. The molecule has 3 heteroatoms. The number of carbonyl (C=O) groups excluding carboxylic acids is 1. The molecular formula is C13H17FNO+.